The van der Waals surface area contributed by atoms with Crippen molar-refractivity contribution in [2.45, 2.75) is 74.8 Å². The summed E-state index contributed by atoms with van der Waals surface area (Å²) in [5.41, 5.74) is -2.13. The van der Waals surface area contributed by atoms with Crippen LogP contribution in [0.25, 0.3) is 0 Å². The number of likely N-dealkylation sites (tertiary alicyclic amines) is 1. The fraction of sp³-hybridized carbons (Fsp3) is 0.889. The third kappa shape index (κ3) is 1.88. The number of piperidine rings is 1. The number of hydrogen-bond donors (Lipinski definition) is 2. The SMILES string of the molecule is [2H]C1([2H])[C@@H]2C[C@@H]2N(C(=O)[C@@H](N)C23C([2H])([2H])C4([2H])C([2H])([2H])C([2H])(C([2H])([2H])C(O)(C4([2H])[2H])C2([2H])[2H])C3([2H])[2H])[C@@H]1C#N. The molecule has 1 heterocycles. The van der Waals surface area contributed by atoms with E-state index >= 15 is 0 Å². The Hall–Kier alpha value is -1.12. The van der Waals surface area contributed by atoms with E-state index < -0.39 is 97.4 Å². The second-order valence-electron chi connectivity index (χ2n) is 6.35. The minimum absolute atomic E-state index is 0.0334. The fourth-order valence-corrected chi connectivity index (χ4v) is 3.65. The lowest BCUT2D eigenvalue weighted by molar-refractivity contribution is -0.177. The molecule has 23 heavy (non-hydrogen) atoms. The number of nitrogens with two attached hydrogens (primary N) is 1. The van der Waals surface area contributed by atoms with Crippen LogP contribution in [-0.4, -0.2) is 39.6 Å². The number of nitriles is 1. The van der Waals surface area contributed by atoms with Crippen molar-refractivity contribution in [3.63, 3.8) is 0 Å². The van der Waals surface area contributed by atoms with E-state index in [9.17, 15) is 15.2 Å². The maximum Gasteiger partial charge on any atom is 0.241 e. The Morgan fingerprint density at radius 3 is 2.74 bits per heavy atom. The molecule has 2 unspecified atom stereocenters. The van der Waals surface area contributed by atoms with E-state index in [0.29, 0.717) is 4.90 Å². The number of rotatable bonds is 2. The molecule has 5 aliphatic carbocycles. The van der Waals surface area contributed by atoms with Crippen LogP contribution >= 0.6 is 0 Å². The van der Waals surface area contributed by atoms with Crippen LogP contribution < -0.4 is 5.73 Å². The van der Waals surface area contributed by atoms with Crippen LogP contribution in [0.5, 0.6) is 0 Å². The highest BCUT2D eigenvalue weighted by Crippen LogP contribution is 2.63. The van der Waals surface area contributed by atoms with Crippen molar-refractivity contribution >= 4 is 5.91 Å². The molecule has 0 aromatic rings. The van der Waals surface area contributed by atoms with Gasteiger partial charge in [0.05, 0.1) is 17.7 Å². The molecule has 6 atom stereocenters. The van der Waals surface area contributed by atoms with Gasteiger partial charge in [0, 0.05) is 28.0 Å². The van der Waals surface area contributed by atoms with Gasteiger partial charge in [-0.15, -0.1) is 0 Å². The Morgan fingerprint density at radius 1 is 1.39 bits per heavy atom. The molecule has 0 aromatic heterocycles. The second-order valence-corrected chi connectivity index (χ2v) is 6.35. The van der Waals surface area contributed by atoms with Crippen LogP contribution in [0.15, 0.2) is 0 Å². The highest BCUT2D eigenvalue weighted by Gasteiger charge is 2.62. The summed E-state index contributed by atoms with van der Waals surface area (Å²) >= 11 is 0. The monoisotopic (exact) mass is 331 g/mol. The number of aliphatic hydroxyl groups is 1. The Balaban J connectivity index is 1.88. The van der Waals surface area contributed by atoms with Crippen LogP contribution in [0.1, 0.15) is 73.0 Å². The lowest BCUT2D eigenvalue weighted by Gasteiger charge is -2.61. The van der Waals surface area contributed by atoms with Crippen LogP contribution in [-0.2, 0) is 4.79 Å². The molecule has 1 saturated heterocycles. The molecule has 3 N–H and O–H groups in total. The zero-order chi connectivity index (χ0) is 30.4. The third-order valence-corrected chi connectivity index (χ3v) is 4.76. The molecule has 6 aliphatic rings. The van der Waals surface area contributed by atoms with Crippen molar-refractivity contribution in [1.82, 2.24) is 4.90 Å². The molecule has 5 nitrogen and oxygen atoms in total. The van der Waals surface area contributed by atoms with Crippen LogP contribution in [0.2, 0.25) is 0 Å². The van der Waals surface area contributed by atoms with Gasteiger partial charge < -0.3 is 15.7 Å². The first-order chi connectivity index (χ1) is 17.1. The van der Waals surface area contributed by atoms with Gasteiger partial charge in [0.2, 0.25) is 5.91 Å². The van der Waals surface area contributed by atoms with Crippen LogP contribution in [0, 0.1) is 34.5 Å². The van der Waals surface area contributed by atoms with Gasteiger partial charge in [0.15, 0.2) is 0 Å². The lowest BCUT2D eigenvalue weighted by Crippen LogP contribution is -2.64. The van der Waals surface area contributed by atoms with Gasteiger partial charge in [-0.2, -0.15) is 5.26 Å². The van der Waals surface area contributed by atoms with Crippen LogP contribution in [0.4, 0.5) is 0 Å². The Kier molecular flexibility index (Phi) is 1.01. The smallest absolute Gasteiger partial charge is 0.241 e. The van der Waals surface area contributed by atoms with E-state index in [1.165, 1.54) is 0 Å². The van der Waals surface area contributed by atoms with E-state index in [1.807, 2.05) is 0 Å². The van der Waals surface area contributed by atoms with Gasteiger partial charge in [0.1, 0.15) is 6.04 Å². The standard InChI is InChI=1S/C18H25N3O2/c19-8-13-2-12-3-14(12)21(13)16(22)15(20)17-4-10-1-11(5-17)7-18(23,6-10)9-17/h10-15,23H,1-7,9,20H2/t10?,11?,12-,13+,14+,15-,17?,18?/m1/s1/i1D2,2D2,4D2,5D2,6D2,7D2,9D2,10D,11D. The molecule has 0 aromatic carbocycles. The molecule has 5 saturated carbocycles. The predicted molar refractivity (Wildman–Crippen MR) is 82.8 cm³/mol. The molecule has 6 rings (SSSR count). The third-order valence-electron chi connectivity index (χ3n) is 4.76. The predicted octanol–water partition coefficient (Wildman–Crippen LogP) is 1.16. The van der Waals surface area contributed by atoms with E-state index in [1.54, 1.807) is 6.07 Å². The van der Waals surface area contributed by atoms with Crippen molar-refractivity contribution in [2.75, 3.05) is 0 Å². The first-order valence-electron chi connectivity index (χ1n) is 15.3. The average Bonchev–Trinajstić information content (AvgIpc) is 3.54. The Morgan fingerprint density at radius 2 is 2.09 bits per heavy atom. The Bertz CT molecular complexity index is 1130. The topological polar surface area (TPSA) is 90.3 Å². The van der Waals surface area contributed by atoms with Crippen molar-refractivity contribution in [1.29, 1.82) is 5.26 Å². The summed E-state index contributed by atoms with van der Waals surface area (Å²) in [6.07, 6.45) is -27.2. The molecule has 124 valence electrons. The highest BCUT2D eigenvalue weighted by molar-refractivity contribution is 5.84. The zero-order valence-electron chi connectivity index (χ0n) is 27.8. The number of carbonyl (C=O) groups is 1. The maximum atomic E-state index is 13.9. The normalized spacial score (nSPS) is 85.8. The van der Waals surface area contributed by atoms with Gasteiger partial charge in [0.25, 0.3) is 0 Å². The lowest BCUT2D eigenvalue weighted by atomic mass is 9.46. The number of nitrogens with zero attached hydrogens (tertiary/aromatic N) is 2. The number of carbonyl (C=O) groups excluding carboxylic acids is 1. The number of amides is 1. The van der Waals surface area contributed by atoms with Crippen molar-refractivity contribution in [2.24, 2.45) is 28.9 Å². The van der Waals surface area contributed by atoms with E-state index in [2.05, 4.69) is 0 Å². The number of fused-ring (bicyclic) bond motifs is 1. The average molecular weight is 332 g/mol. The molecule has 1 aliphatic heterocycles. The number of hydrogen-bond acceptors (Lipinski definition) is 4. The van der Waals surface area contributed by atoms with Crippen molar-refractivity contribution in [3.05, 3.63) is 0 Å². The van der Waals surface area contributed by atoms with Crippen LogP contribution in [0.3, 0.4) is 0 Å². The van der Waals surface area contributed by atoms with E-state index in [-0.39, 0.29) is 6.42 Å². The summed E-state index contributed by atoms with van der Waals surface area (Å²) < 4.78 is 138. The van der Waals surface area contributed by atoms with Gasteiger partial charge in [-0.1, -0.05) is 0 Å². The van der Waals surface area contributed by atoms with Gasteiger partial charge >= 0.3 is 0 Å². The van der Waals surface area contributed by atoms with Crippen molar-refractivity contribution in [3.8, 4) is 6.07 Å². The molecule has 6 fully saturated rings. The van der Waals surface area contributed by atoms with E-state index in [0.717, 1.165) is 0 Å². The van der Waals surface area contributed by atoms with Gasteiger partial charge in [-0.3, -0.25) is 4.79 Å². The van der Waals surface area contributed by atoms with E-state index in [4.69, 9.17) is 27.7 Å². The zero-order valence-corrected chi connectivity index (χ0v) is 11.8. The second kappa shape index (κ2) is 4.29. The molecular formula is C18H25N3O2. The summed E-state index contributed by atoms with van der Waals surface area (Å²) in [6, 6.07) is -4.11. The quantitative estimate of drug-likeness (QED) is 0.794. The first-order valence-corrected chi connectivity index (χ1v) is 7.32. The molecule has 1 amide bonds. The minimum atomic E-state index is -4.30. The highest BCUT2D eigenvalue weighted by atomic mass is 16.3. The molecule has 5 heteroatoms. The fourth-order valence-electron chi connectivity index (χ4n) is 3.65. The summed E-state index contributed by atoms with van der Waals surface area (Å²) in [5, 5.41) is 21.3. The summed E-state index contributed by atoms with van der Waals surface area (Å²) in [4.78, 5) is 14.5. The largest absolute Gasteiger partial charge is 0.390 e. The maximum absolute atomic E-state index is 13.9. The molecule has 4 bridgehead atoms. The Labute approximate surface area is 159 Å². The van der Waals surface area contributed by atoms with Crippen molar-refractivity contribution < 1.29 is 31.8 Å². The summed E-state index contributed by atoms with van der Waals surface area (Å²) in [7, 11) is 0. The molecule has 0 spiro atoms. The minimum Gasteiger partial charge on any atom is -0.390 e. The summed E-state index contributed by atoms with van der Waals surface area (Å²) in [6.45, 7) is 0. The summed E-state index contributed by atoms with van der Waals surface area (Å²) in [5.74, 6) is -10.7. The van der Waals surface area contributed by atoms with Gasteiger partial charge in [-0.05, 0) is 74.2 Å². The van der Waals surface area contributed by atoms with Gasteiger partial charge in [-0.25, -0.2) is 0 Å². The molecular weight excluding hydrogens is 290 g/mol. The molecule has 0 radical (unpaired) electrons. The first kappa shape index (κ1) is 5.44.